The van der Waals surface area contributed by atoms with Crippen molar-refractivity contribution in [1.82, 2.24) is 10.2 Å². The van der Waals surface area contributed by atoms with Crippen LogP contribution in [-0.4, -0.2) is 50.8 Å². The van der Waals surface area contributed by atoms with Gasteiger partial charge in [0.15, 0.2) is 0 Å². The van der Waals surface area contributed by atoms with Crippen LogP contribution < -0.4 is 5.32 Å². The average molecular weight is 186 g/mol. The molecule has 0 aromatic rings. The molecule has 0 radical (unpaired) electrons. The van der Waals surface area contributed by atoms with E-state index in [-0.39, 0.29) is 0 Å². The van der Waals surface area contributed by atoms with E-state index < -0.39 is 0 Å². The Balaban J connectivity index is 2.03. The summed E-state index contributed by atoms with van der Waals surface area (Å²) in [6.07, 6.45) is 2.90. The van der Waals surface area contributed by atoms with E-state index in [0.29, 0.717) is 6.10 Å². The van der Waals surface area contributed by atoms with Gasteiger partial charge in [0.1, 0.15) is 0 Å². The largest absolute Gasteiger partial charge is 0.381 e. The van der Waals surface area contributed by atoms with Crippen LogP contribution in [0.4, 0.5) is 0 Å². The number of likely N-dealkylation sites (tertiary alicyclic amines) is 1. The maximum absolute atomic E-state index is 5.32. The summed E-state index contributed by atoms with van der Waals surface area (Å²) in [5.74, 6) is 0. The van der Waals surface area contributed by atoms with E-state index in [9.17, 15) is 0 Å². The molecule has 0 spiro atoms. The van der Waals surface area contributed by atoms with Gasteiger partial charge in [0.2, 0.25) is 0 Å². The number of likely N-dealkylation sites (N-methyl/N-ethyl adjacent to an activating group) is 1. The zero-order chi connectivity index (χ0) is 9.52. The molecule has 0 aromatic carbocycles. The van der Waals surface area contributed by atoms with Gasteiger partial charge in [-0.2, -0.15) is 0 Å². The third-order valence-corrected chi connectivity index (χ3v) is 2.72. The second-order valence-electron chi connectivity index (χ2n) is 3.63. The number of piperidine rings is 1. The Morgan fingerprint density at radius 2 is 2.08 bits per heavy atom. The molecule has 1 heterocycles. The lowest BCUT2D eigenvalue weighted by Crippen LogP contribution is -2.40. The quantitative estimate of drug-likeness (QED) is 0.640. The van der Waals surface area contributed by atoms with Gasteiger partial charge in [0.05, 0.1) is 6.10 Å². The van der Waals surface area contributed by atoms with Crippen LogP contribution in [0.15, 0.2) is 0 Å². The first-order chi connectivity index (χ1) is 6.36. The van der Waals surface area contributed by atoms with Crippen molar-refractivity contribution in [3.8, 4) is 0 Å². The van der Waals surface area contributed by atoms with Gasteiger partial charge >= 0.3 is 0 Å². The zero-order valence-corrected chi connectivity index (χ0v) is 8.88. The zero-order valence-electron chi connectivity index (χ0n) is 8.88. The molecule has 78 valence electrons. The lowest BCUT2D eigenvalue weighted by Gasteiger charge is -2.31. The number of methoxy groups -OCH3 is 1. The summed E-state index contributed by atoms with van der Waals surface area (Å²) in [6.45, 7) is 7.93. The van der Waals surface area contributed by atoms with Crippen LogP contribution in [0.3, 0.4) is 0 Å². The van der Waals surface area contributed by atoms with Crippen molar-refractivity contribution in [1.29, 1.82) is 0 Å². The van der Waals surface area contributed by atoms with Gasteiger partial charge in [-0.05, 0) is 19.4 Å². The van der Waals surface area contributed by atoms with E-state index in [1.54, 1.807) is 0 Å². The van der Waals surface area contributed by atoms with E-state index in [1.807, 2.05) is 7.11 Å². The minimum absolute atomic E-state index is 0.510. The molecule has 1 aliphatic heterocycles. The monoisotopic (exact) mass is 186 g/mol. The number of ether oxygens (including phenoxy) is 1. The van der Waals surface area contributed by atoms with Crippen LogP contribution in [0.5, 0.6) is 0 Å². The van der Waals surface area contributed by atoms with E-state index in [1.165, 1.54) is 32.5 Å². The molecule has 0 saturated carbocycles. The second kappa shape index (κ2) is 6.35. The number of rotatable bonds is 5. The molecule has 1 saturated heterocycles. The van der Waals surface area contributed by atoms with Crippen LogP contribution in [0.25, 0.3) is 0 Å². The lowest BCUT2D eigenvalue weighted by molar-refractivity contribution is 0.0415. The van der Waals surface area contributed by atoms with Crippen LogP contribution in [0.2, 0.25) is 0 Å². The molecule has 1 rings (SSSR count). The van der Waals surface area contributed by atoms with Crippen molar-refractivity contribution in [3.63, 3.8) is 0 Å². The fraction of sp³-hybridized carbons (Fsp3) is 1.00. The normalized spacial score (nSPS) is 20.8. The maximum Gasteiger partial charge on any atom is 0.0595 e. The topological polar surface area (TPSA) is 24.5 Å². The Bertz CT molecular complexity index is 119. The van der Waals surface area contributed by atoms with Gasteiger partial charge in [-0.1, -0.05) is 6.92 Å². The van der Waals surface area contributed by atoms with Gasteiger partial charge < -0.3 is 15.0 Å². The van der Waals surface area contributed by atoms with E-state index in [0.717, 1.165) is 13.1 Å². The summed E-state index contributed by atoms with van der Waals surface area (Å²) in [5, 5.41) is 3.35. The molecule has 3 nitrogen and oxygen atoms in total. The summed E-state index contributed by atoms with van der Waals surface area (Å²) in [7, 11) is 1.82. The Morgan fingerprint density at radius 3 is 2.62 bits per heavy atom. The maximum atomic E-state index is 5.32. The first-order valence-corrected chi connectivity index (χ1v) is 5.32. The molecule has 1 N–H and O–H groups in total. The average Bonchev–Trinajstić information content (AvgIpc) is 2.19. The molecule has 13 heavy (non-hydrogen) atoms. The molecule has 0 amide bonds. The van der Waals surface area contributed by atoms with Crippen LogP contribution >= 0.6 is 0 Å². The van der Waals surface area contributed by atoms with Gasteiger partial charge in [-0.15, -0.1) is 0 Å². The van der Waals surface area contributed by atoms with Gasteiger partial charge in [-0.25, -0.2) is 0 Å². The Hall–Kier alpha value is -0.120. The van der Waals surface area contributed by atoms with Crippen molar-refractivity contribution in [3.05, 3.63) is 0 Å². The van der Waals surface area contributed by atoms with Gasteiger partial charge in [0, 0.05) is 33.3 Å². The van der Waals surface area contributed by atoms with Crippen LogP contribution in [-0.2, 0) is 4.74 Å². The highest BCUT2D eigenvalue weighted by atomic mass is 16.5. The van der Waals surface area contributed by atoms with Gasteiger partial charge in [0.25, 0.3) is 0 Å². The fourth-order valence-electron chi connectivity index (χ4n) is 1.78. The molecular formula is C10H22N2O. The Labute approximate surface area is 81.4 Å². The Morgan fingerprint density at radius 1 is 1.38 bits per heavy atom. The number of nitrogens with zero attached hydrogens (tertiary/aromatic N) is 1. The van der Waals surface area contributed by atoms with E-state index in [2.05, 4.69) is 17.1 Å². The second-order valence-corrected chi connectivity index (χ2v) is 3.63. The summed E-state index contributed by atoms with van der Waals surface area (Å²) >= 11 is 0. The van der Waals surface area contributed by atoms with Crippen LogP contribution in [0, 0.1) is 0 Å². The number of hydrogen-bond acceptors (Lipinski definition) is 3. The molecular weight excluding hydrogens is 164 g/mol. The lowest BCUT2D eigenvalue weighted by atomic mass is 10.1. The smallest absolute Gasteiger partial charge is 0.0595 e. The van der Waals surface area contributed by atoms with Gasteiger partial charge in [-0.3, -0.25) is 0 Å². The van der Waals surface area contributed by atoms with E-state index in [4.69, 9.17) is 4.74 Å². The third kappa shape index (κ3) is 4.07. The van der Waals surface area contributed by atoms with Crippen molar-refractivity contribution in [2.75, 3.05) is 39.8 Å². The predicted octanol–water partition coefficient (Wildman–Crippen LogP) is 0.707. The standard InChI is InChI=1S/C10H22N2O/c1-3-11-6-9-12-7-4-10(13-2)5-8-12/h10-11H,3-9H2,1-2H3. The highest BCUT2D eigenvalue weighted by Crippen LogP contribution is 2.11. The molecule has 1 aliphatic rings. The molecule has 1 fully saturated rings. The molecule has 0 aliphatic carbocycles. The van der Waals surface area contributed by atoms with Crippen molar-refractivity contribution < 1.29 is 4.74 Å². The van der Waals surface area contributed by atoms with Crippen LogP contribution in [0.1, 0.15) is 19.8 Å². The van der Waals surface area contributed by atoms with Crippen molar-refractivity contribution in [2.45, 2.75) is 25.9 Å². The summed E-state index contributed by atoms with van der Waals surface area (Å²) in [4.78, 5) is 2.51. The summed E-state index contributed by atoms with van der Waals surface area (Å²) < 4.78 is 5.32. The SMILES string of the molecule is CCNCCN1CCC(OC)CC1. The molecule has 0 unspecified atom stereocenters. The van der Waals surface area contributed by atoms with Crippen molar-refractivity contribution in [2.24, 2.45) is 0 Å². The van der Waals surface area contributed by atoms with E-state index >= 15 is 0 Å². The minimum atomic E-state index is 0.510. The summed E-state index contributed by atoms with van der Waals surface area (Å²) in [6, 6.07) is 0. The third-order valence-electron chi connectivity index (χ3n) is 2.72. The first-order valence-electron chi connectivity index (χ1n) is 5.32. The predicted molar refractivity (Wildman–Crippen MR) is 55.0 cm³/mol. The minimum Gasteiger partial charge on any atom is -0.381 e. The highest BCUT2D eigenvalue weighted by molar-refractivity contribution is 4.72. The fourth-order valence-corrected chi connectivity index (χ4v) is 1.78. The molecule has 3 heteroatoms. The first kappa shape index (κ1) is 11.0. The van der Waals surface area contributed by atoms with Crippen molar-refractivity contribution >= 4 is 0 Å². The summed E-state index contributed by atoms with van der Waals surface area (Å²) in [5.41, 5.74) is 0. The molecule has 0 aromatic heterocycles. The molecule has 0 atom stereocenters. The highest BCUT2D eigenvalue weighted by Gasteiger charge is 2.17. The number of hydrogen-bond donors (Lipinski definition) is 1. The molecule has 0 bridgehead atoms. The number of nitrogens with one attached hydrogen (secondary N) is 1. The Kier molecular flexibility index (Phi) is 5.35.